The first-order valence-corrected chi connectivity index (χ1v) is 5.85. The second kappa shape index (κ2) is 5.46. The highest BCUT2D eigenvalue weighted by Gasteiger charge is 2.15. The monoisotopic (exact) mass is 187 g/mol. The summed E-state index contributed by atoms with van der Waals surface area (Å²) in [6, 6.07) is 0. The van der Waals surface area contributed by atoms with Gasteiger partial charge in [0.1, 0.15) is 0 Å². The molecule has 1 amide bonds. The molecule has 0 aromatic rings. The van der Waals surface area contributed by atoms with Crippen LogP contribution in [0.5, 0.6) is 0 Å². The Morgan fingerprint density at radius 3 is 2.67 bits per heavy atom. The summed E-state index contributed by atoms with van der Waals surface area (Å²) in [5.41, 5.74) is 0. The summed E-state index contributed by atoms with van der Waals surface area (Å²) in [5.74, 6) is 2.60. The maximum absolute atomic E-state index is 11.5. The van der Waals surface area contributed by atoms with E-state index in [1.54, 1.807) is 0 Å². The quantitative estimate of drug-likeness (QED) is 0.671. The Bertz CT molecular complexity index is 143. The highest BCUT2D eigenvalue weighted by atomic mass is 32.2. The smallest absolute Gasteiger partial charge is 0.222 e. The van der Waals surface area contributed by atoms with Crippen LogP contribution < -0.4 is 0 Å². The van der Waals surface area contributed by atoms with Gasteiger partial charge < -0.3 is 4.90 Å². The van der Waals surface area contributed by atoms with E-state index in [-0.39, 0.29) is 0 Å². The number of hydrogen-bond acceptors (Lipinski definition) is 2. The third-order valence-corrected chi connectivity index (χ3v) is 3.05. The zero-order chi connectivity index (χ0) is 8.81. The lowest BCUT2D eigenvalue weighted by Gasteiger charge is -2.26. The minimum atomic E-state index is 0.358. The molecule has 12 heavy (non-hydrogen) atoms. The van der Waals surface area contributed by atoms with Crippen molar-refractivity contribution >= 4 is 17.7 Å². The summed E-state index contributed by atoms with van der Waals surface area (Å²) in [7, 11) is 0. The molecule has 2 nitrogen and oxygen atoms in total. The van der Waals surface area contributed by atoms with E-state index in [2.05, 4.69) is 6.92 Å². The summed E-state index contributed by atoms with van der Waals surface area (Å²) >= 11 is 1.95. The van der Waals surface area contributed by atoms with Crippen molar-refractivity contribution in [2.24, 2.45) is 0 Å². The number of hydrogen-bond donors (Lipinski definition) is 0. The maximum atomic E-state index is 11.5. The third-order valence-electron chi connectivity index (χ3n) is 2.11. The molecule has 0 aliphatic carbocycles. The molecule has 1 aliphatic heterocycles. The van der Waals surface area contributed by atoms with E-state index in [9.17, 15) is 4.79 Å². The van der Waals surface area contributed by atoms with Crippen molar-refractivity contribution < 1.29 is 4.79 Å². The van der Waals surface area contributed by atoms with E-state index in [1.807, 2.05) is 16.7 Å². The number of rotatable bonds is 3. The Balaban J connectivity index is 2.20. The Hall–Kier alpha value is -0.180. The number of nitrogens with zero attached hydrogens (tertiary/aromatic N) is 1. The molecular formula is C9H17NOS. The molecule has 0 radical (unpaired) electrons. The highest BCUT2D eigenvalue weighted by Crippen LogP contribution is 2.11. The fourth-order valence-corrected chi connectivity index (χ4v) is 2.20. The average molecular weight is 187 g/mol. The van der Waals surface area contributed by atoms with Crippen LogP contribution in [0.25, 0.3) is 0 Å². The van der Waals surface area contributed by atoms with E-state index in [0.717, 1.165) is 43.9 Å². The van der Waals surface area contributed by atoms with Crippen LogP contribution in [0.15, 0.2) is 0 Å². The van der Waals surface area contributed by atoms with Gasteiger partial charge in [0, 0.05) is 31.0 Å². The van der Waals surface area contributed by atoms with Crippen LogP contribution in [-0.4, -0.2) is 35.4 Å². The van der Waals surface area contributed by atoms with Crippen LogP contribution in [0, 0.1) is 0 Å². The first kappa shape index (κ1) is 9.90. The topological polar surface area (TPSA) is 20.3 Å². The molecule has 0 aromatic heterocycles. The standard InChI is InChI=1S/C9H17NOS/c1-2-3-4-9(11)10-5-7-12-8-6-10/h2-8H2,1H3. The molecule has 0 saturated carbocycles. The van der Waals surface area contributed by atoms with Crippen molar-refractivity contribution in [3.05, 3.63) is 0 Å². The SMILES string of the molecule is CCCCC(=O)N1CCSCC1. The van der Waals surface area contributed by atoms with Crippen molar-refractivity contribution in [2.45, 2.75) is 26.2 Å². The van der Waals surface area contributed by atoms with Gasteiger partial charge in [0.05, 0.1) is 0 Å². The number of amides is 1. The summed E-state index contributed by atoms with van der Waals surface area (Å²) in [5, 5.41) is 0. The predicted molar refractivity (Wildman–Crippen MR) is 53.4 cm³/mol. The van der Waals surface area contributed by atoms with E-state index in [1.165, 1.54) is 0 Å². The fourth-order valence-electron chi connectivity index (χ4n) is 1.30. The van der Waals surface area contributed by atoms with Gasteiger partial charge in [0.2, 0.25) is 5.91 Å². The van der Waals surface area contributed by atoms with Crippen LogP contribution >= 0.6 is 11.8 Å². The normalized spacial score (nSPS) is 17.9. The Morgan fingerprint density at radius 1 is 1.42 bits per heavy atom. The molecule has 0 atom stereocenters. The first-order valence-electron chi connectivity index (χ1n) is 4.70. The van der Waals surface area contributed by atoms with E-state index in [0.29, 0.717) is 5.91 Å². The zero-order valence-electron chi connectivity index (χ0n) is 7.71. The molecule has 0 bridgehead atoms. The maximum Gasteiger partial charge on any atom is 0.222 e. The van der Waals surface area contributed by atoms with E-state index < -0.39 is 0 Å². The van der Waals surface area contributed by atoms with E-state index in [4.69, 9.17) is 0 Å². The van der Waals surface area contributed by atoms with Gasteiger partial charge in [-0.25, -0.2) is 0 Å². The second-order valence-electron chi connectivity index (χ2n) is 3.10. The summed E-state index contributed by atoms with van der Waals surface area (Å²) in [4.78, 5) is 13.5. The third kappa shape index (κ3) is 3.05. The lowest BCUT2D eigenvalue weighted by Crippen LogP contribution is -2.37. The van der Waals surface area contributed by atoms with Gasteiger partial charge in [-0.05, 0) is 6.42 Å². The van der Waals surface area contributed by atoms with Gasteiger partial charge in [-0.1, -0.05) is 13.3 Å². The minimum Gasteiger partial charge on any atom is -0.341 e. The van der Waals surface area contributed by atoms with E-state index >= 15 is 0 Å². The Labute approximate surface area is 78.7 Å². The van der Waals surface area contributed by atoms with Crippen molar-refractivity contribution in [3.63, 3.8) is 0 Å². The highest BCUT2D eigenvalue weighted by molar-refractivity contribution is 7.99. The van der Waals surface area contributed by atoms with Crippen molar-refractivity contribution in [3.8, 4) is 0 Å². The molecule has 1 rings (SSSR count). The Morgan fingerprint density at radius 2 is 2.08 bits per heavy atom. The second-order valence-corrected chi connectivity index (χ2v) is 4.32. The molecule has 1 fully saturated rings. The summed E-state index contributed by atoms with van der Waals surface area (Å²) in [6.07, 6.45) is 2.91. The molecular weight excluding hydrogens is 170 g/mol. The summed E-state index contributed by atoms with van der Waals surface area (Å²) < 4.78 is 0. The number of unbranched alkanes of at least 4 members (excludes halogenated alkanes) is 1. The van der Waals surface area contributed by atoms with Crippen molar-refractivity contribution in [1.82, 2.24) is 4.90 Å². The molecule has 1 saturated heterocycles. The van der Waals surface area contributed by atoms with Gasteiger partial charge >= 0.3 is 0 Å². The molecule has 0 N–H and O–H groups in total. The van der Waals surface area contributed by atoms with Gasteiger partial charge in [-0.15, -0.1) is 0 Å². The van der Waals surface area contributed by atoms with Crippen LogP contribution in [0.3, 0.4) is 0 Å². The predicted octanol–water partition coefficient (Wildman–Crippen LogP) is 1.75. The minimum absolute atomic E-state index is 0.358. The van der Waals surface area contributed by atoms with Crippen LogP contribution in [0.4, 0.5) is 0 Å². The molecule has 0 spiro atoms. The summed E-state index contributed by atoms with van der Waals surface area (Å²) in [6.45, 7) is 4.06. The number of thioether (sulfide) groups is 1. The van der Waals surface area contributed by atoms with Crippen molar-refractivity contribution in [1.29, 1.82) is 0 Å². The van der Waals surface area contributed by atoms with Gasteiger partial charge in [0.25, 0.3) is 0 Å². The average Bonchev–Trinajstić information content (AvgIpc) is 2.15. The molecule has 0 unspecified atom stereocenters. The van der Waals surface area contributed by atoms with Crippen molar-refractivity contribution in [2.75, 3.05) is 24.6 Å². The van der Waals surface area contributed by atoms with Crippen LogP contribution in [0.1, 0.15) is 26.2 Å². The van der Waals surface area contributed by atoms with Crippen LogP contribution in [-0.2, 0) is 4.79 Å². The molecule has 0 aromatic carbocycles. The number of carbonyl (C=O) groups is 1. The molecule has 1 heterocycles. The van der Waals surface area contributed by atoms with Crippen LogP contribution in [0.2, 0.25) is 0 Å². The van der Waals surface area contributed by atoms with Gasteiger partial charge in [-0.3, -0.25) is 4.79 Å². The largest absolute Gasteiger partial charge is 0.341 e. The Kier molecular flexibility index (Phi) is 4.51. The lowest BCUT2D eigenvalue weighted by molar-refractivity contribution is -0.130. The first-order chi connectivity index (χ1) is 5.84. The molecule has 1 aliphatic rings. The molecule has 3 heteroatoms. The fraction of sp³-hybridized carbons (Fsp3) is 0.889. The van der Waals surface area contributed by atoms with Gasteiger partial charge in [-0.2, -0.15) is 11.8 Å². The molecule has 70 valence electrons. The number of carbonyl (C=O) groups excluding carboxylic acids is 1. The zero-order valence-corrected chi connectivity index (χ0v) is 8.53. The van der Waals surface area contributed by atoms with Gasteiger partial charge in [0.15, 0.2) is 0 Å². The lowest BCUT2D eigenvalue weighted by atomic mass is 10.2.